The average Bonchev–Trinajstić information content (AvgIpc) is 2.70. The van der Waals surface area contributed by atoms with E-state index in [2.05, 4.69) is 15.1 Å². The normalized spacial score (nSPS) is 12.4. The number of anilines is 2. The summed E-state index contributed by atoms with van der Waals surface area (Å²) in [7, 11) is 3.97. The molecular formula is C23H38Cl2N4O3. The van der Waals surface area contributed by atoms with Crippen molar-refractivity contribution in [3.05, 3.63) is 24.3 Å². The number of benzene rings is 1. The van der Waals surface area contributed by atoms with Gasteiger partial charge in [0.15, 0.2) is 0 Å². The molecule has 0 unspecified atom stereocenters. The van der Waals surface area contributed by atoms with Crippen molar-refractivity contribution in [3.8, 4) is 0 Å². The Labute approximate surface area is 203 Å². The van der Waals surface area contributed by atoms with E-state index >= 15 is 0 Å². The van der Waals surface area contributed by atoms with Crippen LogP contribution < -0.4 is 15.1 Å². The summed E-state index contributed by atoms with van der Waals surface area (Å²) in [5.74, 6) is 0.728. The number of carbonyl (C=O) groups is 2. The van der Waals surface area contributed by atoms with E-state index in [9.17, 15) is 9.59 Å². The molecule has 1 N–H and O–H groups in total. The summed E-state index contributed by atoms with van der Waals surface area (Å²) >= 11 is 11.8. The summed E-state index contributed by atoms with van der Waals surface area (Å²) in [5, 5.41) is 2.92. The molecule has 2 amide bonds. The van der Waals surface area contributed by atoms with Crippen molar-refractivity contribution >= 4 is 46.6 Å². The second-order valence-corrected chi connectivity index (χ2v) is 9.61. The molecule has 1 aromatic rings. The highest BCUT2D eigenvalue weighted by molar-refractivity contribution is 6.18. The SMILES string of the molecule is C[C@@H](C(=O)NCCCN(C)C)N(C(=O)OC(C)(C)C)c1ccc(N(CCCl)CCCl)cc1. The van der Waals surface area contributed by atoms with Gasteiger partial charge in [0.1, 0.15) is 11.6 Å². The number of amides is 2. The lowest BCUT2D eigenvalue weighted by Crippen LogP contribution is -2.50. The van der Waals surface area contributed by atoms with Gasteiger partial charge in [0, 0.05) is 42.8 Å². The van der Waals surface area contributed by atoms with Crippen molar-refractivity contribution < 1.29 is 14.3 Å². The van der Waals surface area contributed by atoms with Crippen LogP contribution in [0, 0.1) is 0 Å². The van der Waals surface area contributed by atoms with Crippen LogP contribution in [0.1, 0.15) is 34.1 Å². The van der Waals surface area contributed by atoms with Crippen molar-refractivity contribution in [1.82, 2.24) is 10.2 Å². The van der Waals surface area contributed by atoms with Crippen LogP contribution in [0.15, 0.2) is 24.3 Å². The van der Waals surface area contributed by atoms with E-state index < -0.39 is 17.7 Å². The maximum Gasteiger partial charge on any atom is 0.415 e. The largest absolute Gasteiger partial charge is 0.443 e. The van der Waals surface area contributed by atoms with Crippen molar-refractivity contribution in [1.29, 1.82) is 0 Å². The Balaban J connectivity index is 3.07. The molecule has 0 fully saturated rings. The average molecular weight is 489 g/mol. The second-order valence-electron chi connectivity index (χ2n) is 8.86. The van der Waals surface area contributed by atoms with Gasteiger partial charge in [0.05, 0.1) is 0 Å². The zero-order valence-corrected chi connectivity index (χ0v) is 21.7. The van der Waals surface area contributed by atoms with Gasteiger partial charge in [-0.15, -0.1) is 23.2 Å². The smallest absolute Gasteiger partial charge is 0.415 e. The monoisotopic (exact) mass is 488 g/mol. The van der Waals surface area contributed by atoms with Gasteiger partial charge in [-0.25, -0.2) is 4.79 Å². The first kappa shape index (κ1) is 28.3. The van der Waals surface area contributed by atoms with Crippen molar-refractivity contribution in [2.75, 3.05) is 61.8 Å². The van der Waals surface area contributed by atoms with Gasteiger partial charge in [0.2, 0.25) is 5.91 Å². The first-order valence-corrected chi connectivity index (χ1v) is 12.0. The fourth-order valence-corrected chi connectivity index (χ4v) is 3.48. The Hall–Kier alpha value is -1.70. The van der Waals surface area contributed by atoms with Crippen molar-refractivity contribution in [3.63, 3.8) is 0 Å². The first-order valence-electron chi connectivity index (χ1n) is 10.9. The lowest BCUT2D eigenvalue weighted by molar-refractivity contribution is -0.122. The third-order valence-electron chi connectivity index (χ3n) is 4.64. The number of hydrogen-bond donors (Lipinski definition) is 1. The Morgan fingerprint density at radius 1 is 1.00 bits per heavy atom. The predicted molar refractivity (Wildman–Crippen MR) is 134 cm³/mol. The van der Waals surface area contributed by atoms with E-state index in [1.807, 2.05) is 38.4 Å². The highest BCUT2D eigenvalue weighted by Gasteiger charge is 2.31. The molecule has 0 aliphatic rings. The van der Waals surface area contributed by atoms with Crippen molar-refractivity contribution in [2.24, 2.45) is 0 Å². The van der Waals surface area contributed by atoms with Crippen LogP contribution >= 0.6 is 23.2 Å². The summed E-state index contributed by atoms with van der Waals surface area (Å²) in [6, 6.07) is 6.67. The van der Waals surface area contributed by atoms with Gasteiger partial charge in [0.25, 0.3) is 0 Å². The standard InChI is InChI=1S/C23H38Cl2N4O3/c1-18(21(30)26-14-7-15-27(5)6)29(22(31)32-23(2,3)4)20-10-8-19(9-11-20)28(16-12-24)17-13-25/h8-11,18H,7,12-17H2,1-6H3,(H,26,30)/t18-/m0/s1. The molecule has 0 aromatic heterocycles. The van der Waals surface area contributed by atoms with Gasteiger partial charge in [-0.2, -0.15) is 0 Å². The second kappa shape index (κ2) is 13.8. The molecule has 1 rings (SSSR count). The molecule has 0 saturated carbocycles. The summed E-state index contributed by atoms with van der Waals surface area (Å²) in [5.41, 5.74) is 0.838. The highest BCUT2D eigenvalue weighted by Crippen LogP contribution is 2.25. The Bertz CT molecular complexity index is 702. The van der Waals surface area contributed by atoms with Crippen LogP contribution in [-0.2, 0) is 9.53 Å². The Kier molecular flexibility index (Phi) is 12.2. The third-order valence-corrected chi connectivity index (χ3v) is 4.98. The minimum atomic E-state index is -0.739. The zero-order valence-electron chi connectivity index (χ0n) is 20.2. The number of hydrogen-bond acceptors (Lipinski definition) is 5. The first-order chi connectivity index (χ1) is 15.0. The van der Waals surface area contributed by atoms with Crippen LogP contribution in [0.25, 0.3) is 0 Å². The minimum absolute atomic E-state index is 0.232. The van der Waals surface area contributed by atoms with Gasteiger partial charge in [-0.05, 0) is 79.0 Å². The fraction of sp³-hybridized carbons (Fsp3) is 0.652. The fourth-order valence-electron chi connectivity index (χ4n) is 3.07. The number of nitrogens with one attached hydrogen (secondary N) is 1. The molecular weight excluding hydrogens is 451 g/mol. The molecule has 32 heavy (non-hydrogen) atoms. The zero-order chi connectivity index (χ0) is 24.3. The molecule has 0 radical (unpaired) electrons. The van der Waals surface area contributed by atoms with Crippen molar-refractivity contribution in [2.45, 2.75) is 45.8 Å². The van der Waals surface area contributed by atoms with E-state index in [-0.39, 0.29) is 5.91 Å². The van der Waals surface area contributed by atoms with E-state index in [0.29, 0.717) is 37.1 Å². The molecule has 0 saturated heterocycles. The lowest BCUT2D eigenvalue weighted by atomic mass is 10.2. The number of nitrogens with zero attached hydrogens (tertiary/aromatic N) is 3. The molecule has 1 aromatic carbocycles. The van der Waals surface area contributed by atoms with Crippen LogP contribution in [-0.4, -0.2) is 80.6 Å². The number of ether oxygens (including phenoxy) is 1. The molecule has 1 atom stereocenters. The molecule has 0 heterocycles. The maximum absolute atomic E-state index is 13.0. The molecule has 7 nitrogen and oxygen atoms in total. The van der Waals surface area contributed by atoms with E-state index in [1.54, 1.807) is 27.7 Å². The van der Waals surface area contributed by atoms with E-state index in [0.717, 1.165) is 18.7 Å². The summed E-state index contributed by atoms with van der Waals surface area (Å²) in [4.78, 5) is 31.3. The van der Waals surface area contributed by atoms with Gasteiger partial charge >= 0.3 is 6.09 Å². The van der Waals surface area contributed by atoms with E-state index in [4.69, 9.17) is 27.9 Å². The lowest BCUT2D eigenvalue weighted by Gasteiger charge is -2.31. The summed E-state index contributed by atoms with van der Waals surface area (Å²) in [6.07, 6.45) is 0.253. The van der Waals surface area contributed by atoms with Gasteiger partial charge in [-0.1, -0.05) is 0 Å². The number of rotatable bonds is 12. The van der Waals surface area contributed by atoms with Crippen LogP contribution in [0.2, 0.25) is 0 Å². The van der Waals surface area contributed by atoms with Gasteiger partial charge in [-0.3, -0.25) is 9.69 Å². The van der Waals surface area contributed by atoms with Crippen LogP contribution in [0.4, 0.5) is 16.2 Å². The number of alkyl halides is 2. The maximum atomic E-state index is 13.0. The number of halogens is 2. The number of carbonyl (C=O) groups excluding carboxylic acids is 2. The van der Waals surface area contributed by atoms with Crippen LogP contribution in [0.5, 0.6) is 0 Å². The predicted octanol–water partition coefficient (Wildman–Crippen LogP) is 4.17. The Morgan fingerprint density at radius 3 is 2.00 bits per heavy atom. The molecule has 9 heteroatoms. The van der Waals surface area contributed by atoms with Gasteiger partial charge < -0.3 is 19.9 Å². The molecule has 0 spiro atoms. The van der Waals surface area contributed by atoms with Crippen LogP contribution in [0.3, 0.4) is 0 Å². The quantitative estimate of drug-likeness (QED) is 0.353. The molecule has 0 aliphatic heterocycles. The summed E-state index contributed by atoms with van der Waals surface area (Å²) in [6.45, 7) is 9.83. The highest BCUT2D eigenvalue weighted by atomic mass is 35.5. The minimum Gasteiger partial charge on any atom is -0.443 e. The molecule has 0 bridgehead atoms. The Morgan fingerprint density at radius 2 is 1.53 bits per heavy atom. The topological polar surface area (TPSA) is 65.1 Å². The third kappa shape index (κ3) is 9.84. The summed E-state index contributed by atoms with van der Waals surface area (Å²) < 4.78 is 5.59. The molecule has 182 valence electrons. The molecule has 0 aliphatic carbocycles. The van der Waals surface area contributed by atoms with E-state index in [1.165, 1.54) is 4.90 Å².